The third-order valence-electron chi connectivity index (χ3n) is 11.2. The van der Waals surface area contributed by atoms with E-state index in [2.05, 4.69) is 60.1 Å². The number of esters is 1. The molecule has 0 aromatic carbocycles. The lowest BCUT2D eigenvalue weighted by atomic mass is 9.43. The summed E-state index contributed by atoms with van der Waals surface area (Å²) >= 11 is 0. The van der Waals surface area contributed by atoms with Crippen molar-refractivity contribution in [3.05, 3.63) is 0 Å². The Kier molecular flexibility index (Phi) is 8.59. The highest BCUT2D eigenvalue weighted by Gasteiger charge is 2.66. The van der Waals surface area contributed by atoms with E-state index < -0.39 is 16.6 Å². The van der Waals surface area contributed by atoms with Gasteiger partial charge in [-0.1, -0.05) is 20.8 Å². The maximum atomic E-state index is 14.5. The molecular formula is C31H56O5Si2. The van der Waals surface area contributed by atoms with Crippen LogP contribution in [0.5, 0.6) is 0 Å². The number of carbonyl (C=O) groups is 2. The van der Waals surface area contributed by atoms with Gasteiger partial charge in [0.05, 0.1) is 7.11 Å². The Labute approximate surface area is 234 Å². The van der Waals surface area contributed by atoms with Gasteiger partial charge >= 0.3 is 5.97 Å². The largest absolute Gasteiger partial charge is 0.469 e. The van der Waals surface area contributed by atoms with Crippen LogP contribution in [0.15, 0.2) is 0 Å². The summed E-state index contributed by atoms with van der Waals surface area (Å²) in [5, 5.41) is 0. The van der Waals surface area contributed by atoms with Crippen LogP contribution in [0.2, 0.25) is 39.3 Å². The minimum atomic E-state index is -1.93. The molecule has 10 unspecified atom stereocenters. The third kappa shape index (κ3) is 5.78. The number of Topliss-reactive ketones (excluding diaryl/α,β-unsaturated/α-hetero) is 1. The van der Waals surface area contributed by atoms with Crippen molar-refractivity contribution >= 4 is 28.4 Å². The first kappa shape index (κ1) is 30.5. The summed E-state index contributed by atoms with van der Waals surface area (Å²) in [5.74, 6) is 2.80. The number of rotatable bonds is 8. The molecule has 38 heavy (non-hydrogen) atoms. The molecule has 4 saturated carbocycles. The van der Waals surface area contributed by atoms with Crippen LogP contribution in [0.4, 0.5) is 0 Å². The maximum absolute atomic E-state index is 14.5. The SMILES string of the molecule is COC(=O)CCC(C)C1CCC2C3C(O[Si](C)(C)C)C(=O)C4CC(O[Si](C)(C)C)CCC4(C)C3CCC12C. The second kappa shape index (κ2) is 10.7. The molecule has 218 valence electrons. The van der Waals surface area contributed by atoms with Gasteiger partial charge in [0.15, 0.2) is 22.4 Å². The predicted molar refractivity (Wildman–Crippen MR) is 158 cm³/mol. The molecule has 0 aliphatic heterocycles. The fourth-order valence-corrected chi connectivity index (χ4v) is 12.0. The molecule has 0 amide bonds. The van der Waals surface area contributed by atoms with Crippen molar-refractivity contribution in [2.75, 3.05) is 7.11 Å². The Morgan fingerprint density at radius 3 is 2.13 bits per heavy atom. The van der Waals surface area contributed by atoms with E-state index in [0.717, 1.165) is 25.7 Å². The molecule has 0 saturated heterocycles. The standard InChI is InChI=1S/C31H56O5Si2/c1-20(11-14-26(32)34-4)22-12-13-23-27-24(16-18-30(22,23)2)31(3)17-15-21(35-37(5,6)7)19-25(31)28(33)29(27)36-38(8,9)10/h20-25,27,29H,11-19H2,1-10H3. The zero-order valence-corrected chi connectivity index (χ0v) is 28.0. The molecule has 10 atom stereocenters. The van der Waals surface area contributed by atoms with Gasteiger partial charge in [0.1, 0.15) is 6.10 Å². The third-order valence-corrected chi connectivity index (χ3v) is 13.2. The van der Waals surface area contributed by atoms with Crippen molar-refractivity contribution in [3.8, 4) is 0 Å². The lowest BCUT2D eigenvalue weighted by Crippen LogP contribution is -2.64. The van der Waals surface area contributed by atoms with E-state index in [1.54, 1.807) is 0 Å². The van der Waals surface area contributed by atoms with E-state index in [4.69, 9.17) is 13.6 Å². The van der Waals surface area contributed by atoms with E-state index in [1.807, 2.05) is 0 Å². The molecule has 0 spiro atoms. The Balaban J connectivity index is 1.64. The Morgan fingerprint density at radius 1 is 0.921 bits per heavy atom. The molecule has 0 aromatic rings. The summed E-state index contributed by atoms with van der Waals surface area (Å²) in [6.07, 6.45) is 9.23. The van der Waals surface area contributed by atoms with Crippen LogP contribution in [0.3, 0.4) is 0 Å². The summed E-state index contributed by atoms with van der Waals surface area (Å²) in [6, 6.07) is 0. The average molecular weight is 565 g/mol. The van der Waals surface area contributed by atoms with Crippen LogP contribution in [0, 0.1) is 46.3 Å². The van der Waals surface area contributed by atoms with Gasteiger partial charge in [0.2, 0.25) is 0 Å². The van der Waals surface area contributed by atoms with Crippen LogP contribution >= 0.6 is 0 Å². The predicted octanol–water partition coefficient (Wildman–Crippen LogP) is 7.46. The van der Waals surface area contributed by atoms with Crippen molar-refractivity contribution in [1.82, 2.24) is 0 Å². The smallest absolute Gasteiger partial charge is 0.305 e. The normalized spacial score (nSPS) is 42.2. The second-order valence-corrected chi connectivity index (χ2v) is 24.8. The number of ether oxygens (including phenoxy) is 1. The molecule has 0 radical (unpaired) electrons. The summed E-state index contributed by atoms with van der Waals surface area (Å²) in [4.78, 5) is 26.4. The second-order valence-electron chi connectivity index (χ2n) is 15.8. The molecule has 0 bridgehead atoms. The van der Waals surface area contributed by atoms with Crippen molar-refractivity contribution in [3.63, 3.8) is 0 Å². The monoisotopic (exact) mass is 564 g/mol. The molecule has 7 heteroatoms. The number of hydrogen-bond acceptors (Lipinski definition) is 5. The van der Waals surface area contributed by atoms with Crippen LogP contribution < -0.4 is 0 Å². The van der Waals surface area contributed by atoms with Crippen LogP contribution in [-0.4, -0.2) is 47.7 Å². The van der Waals surface area contributed by atoms with E-state index in [9.17, 15) is 9.59 Å². The Bertz CT molecular complexity index is 894. The zero-order valence-electron chi connectivity index (χ0n) is 26.0. The van der Waals surface area contributed by atoms with Crippen LogP contribution in [0.1, 0.15) is 78.6 Å². The minimum Gasteiger partial charge on any atom is -0.469 e. The van der Waals surface area contributed by atoms with Crippen LogP contribution in [0.25, 0.3) is 0 Å². The molecule has 4 aliphatic rings. The highest BCUT2D eigenvalue weighted by atomic mass is 28.4. The molecular weight excluding hydrogens is 509 g/mol. The molecule has 4 fully saturated rings. The van der Waals surface area contributed by atoms with Crippen molar-refractivity contribution in [1.29, 1.82) is 0 Å². The molecule has 0 aromatic heterocycles. The molecule has 5 nitrogen and oxygen atoms in total. The van der Waals surface area contributed by atoms with E-state index >= 15 is 0 Å². The van der Waals surface area contributed by atoms with E-state index in [1.165, 1.54) is 32.8 Å². The summed E-state index contributed by atoms with van der Waals surface area (Å²) in [6.45, 7) is 20.8. The lowest BCUT2D eigenvalue weighted by molar-refractivity contribution is -0.181. The van der Waals surface area contributed by atoms with Gasteiger partial charge in [-0.2, -0.15) is 0 Å². The molecule has 0 N–H and O–H groups in total. The highest BCUT2D eigenvalue weighted by molar-refractivity contribution is 6.70. The van der Waals surface area contributed by atoms with E-state index in [0.29, 0.717) is 41.8 Å². The number of carbonyl (C=O) groups excluding carboxylic acids is 2. The zero-order chi connectivity index (χ0) is 28.3. The molecule has 4 aliphatic carbocycles. The maximum Gasteiger partial charge on any atom is 0.305 e. The van der Waals surface area contributed by atoms with Crippen molar-refractivity contribution in [2.24, 2.45) is 46.3 Å². The number of fused-ring (bicyclic) bond motifs is 5. The fraction of sp³-hybridized carbons (Fsp3) is 0.935. The highest BCUT2D eigenvalue weighted by Crippen LogP contribution is 2.68. The van der Waals surface area contributed by atoms with E-state index in [-0.39, 0.29) is 34.9 Å². The molecule has 4 rings (SSSR count). The van der Waals surface area contributed by atoms with Crippen LogP contribution in [-0.2, 0) is 23.2 Å². The minimum absolute atomic E-state index is 0.0519. The van der Waals surface area contributed by atoms with Gasteiger partial charge in [0.25, 0.3) is 0 Å². The molecule has 0 heterocycles. The summed E-state index contributed by atoms with van der Waals surface area (Å²) in [7, 11) is -2.11. The first-order chi connectivity index (χ1) is 17.5. The van der Waals surface area contributed by atoms with Gasteiger partial charge in [-0.05, 0) is 131 Å². The van der Waals surface area contributed by atoms with Crippen molar-refractivity contribution in [2.45, 2.75) is 130 Å². The van der Waals surface area contributed by atoms with Crippen molar-refractivity contribution < 1.29 is 23.2 Å². The first-order valence-corrected chi connectivity index (χ1v) is 22.3. The fourth-order valence-electron chi connectivity index (χ4n) is 9.70. The topological polar surface area (TPSA) is 61.8 Å². The average Bonchev–Trinajstić information content (AvgIpc) is 3.16. The van der Waals surface area contributed by atoms with Gasteiger partial charge < -0.3 is 13.6 Å². The lowest BCUT2D eigenvalue weighted by Gasteiger charge is -2.63. The Morgan fingerprint density at radius 2 is 1.53 bits per heavy atom. The quantitative estimate of drug-likeness (QED) is 0.226. The Hall–Kier alpha value is -0.506. The number of methoxy groups -OCH3 is 1. The van der Waals surface area contributed by atoms with Gasteiger partial charge in [-0.15, -0.1) is 0 Å². The van der Waals surface area contributed by atoms with Gasteiger partial charge in [-0.25, -0.2) is 0 Å². The van der Waals surface area contributed by atoms with Gasteiger partial charge in [0, 0.05) is 18.4 Å². The summed E-state index contributed by atoms with van der Waals surface area (Å²) < 4.78 is 18.5. The van der Waals surface area contributed by atoms with Gasteiger partial charge in [-0.3, -0.25) is 9.59 Å². The summed E-state index contributed by atoms with van der Waals surface area (Å²) in [5.41, 5.74) is 0.260. The number of ketones is 1. The number of hydrogen-bond donors (Lipinski definition) is 0. The first-order valence-electron chi connectivity index (χ1n) is 15.5.